The normalized spacial score (nSPS) is 12.1. The zero-order valence-electron chi connectivity index (χ0n) is 12.4. The molecule has 0 aliphatic rings. The quantitative estimate of drug-likeness (QED) is 0.744. The summed E-state index contributed by atoms with van der Waals surface area (Å²) in [6.07, 6.45) is 1.85. The molecule has 0 aliphatic carbocycles. The molecule has 0 aliphatic heterocycles. The summed E-state index contributed by atoms with van der Waals surface area (Å²) in [6.45, 7) is 0.0810. The molecule has 2 aromatic carbocycles. The highest BCUT2D eigenvalue weighted by atomic mass is 32.1. The van der Waals surface area contributed by atoms with Gasteiger partial charge in [-0.25, -0.2) is 4.39 Å². The summed E-state index contributed by atoms with van der Waals surface area (Å²) in [4.78, 5) is 5.27. The SMILES string of the molecule is OC(COc1ccc(Cc2cncs2)cc1)c1cccc(F)c1. The van der Waals surface area contributed by atoms with Gasteiger partial charge in [0.05, 0.1) is 5.51 Å². The first-order valence-corrected chi connectivity index (χ1v) is 8.11. The van der Waals surface area contributed by atoms with Crippen LogP contribution in [0.3, 0.4) is 0 Å². The van der Waals surface area contributed by atoms with Crippen LogP contribution in [-0.2, 0) is 6.42 Å². The van der Waals surface area contributed by atoms with Crippen LogP contribution in [-0.4, -0.2) is 16.7 Å². The Bertz CT molecular complexity index is 744. The van der Waals surface area contributed by atoms with Crippen LogP contribution in [0.15, 0.2) is 60.2 Å². The predicted octanol–water partition coefficient (Wildman–Crippen LogP) is 3.99. The highest BCUT2D eigenvalue weighted by molar-refractivity contribution is 7.09. The average Bonchev–Trinajstić information content (AvgIpc) is 3.07. The summed E-state index contributed by atoms with van der Waals surface area (Å²) >= 11 is 1.63. The molecular formula is C18H16FNO2S. The Balaban J connectivity index is 1.56. The molecule has 23 heavy (non-hydrogen) atoms. The van der Waals surface area contributed by atoms with Crippen LogP contribution in [0.25, 0.3) is 0 Å². The van der Waals surface area contributed by atoms with Crippen LogP contribution in [0.5, 0.6) is 5.75 Å². The number of halogens is 1. The van der Waals surface area contributed by atoms with E-state index in [0.717, 1.165) is 6.42 Å². The summed E-state index contributed by atoms with van der Waals surface area (Å²) in [5.41, 5.74) is 3.50. The number of benzene rings is 2. The molecule has 0 saturated carbocycles. The molecule has 0 spiro atoms. The summed E-state index contributed by atoms with van der Waals surface area (Å²) in [7, 11) is 0. The maximum Gasteiger partial charge on any atom is 0.123 e. The first-order valence-electron chi connectivity index (χ1n) is 7.23. The van der Waals surface area contributed by atoms with Crippen LogP contribution < -0.4 is 4.74 Å². The zero-order chi connectivity index (χ0) is 16.1. The van der Waals surface area contributed by atoms with Crippen molar-refractivity contribution in [3.8, 4) is 5.75 Å². The monoisotopic (exact) mass is 329 g/mol. The fourth-order valence-corrected chi connectivity index (χ4v) is 2.85. The van der Waals surface area contributed by atoms with E-state index in [9.17, 15) is 9.50 Å². The van der Waals surface area contributed by atoms with Gasteiger partial charge in [-0.3, -0.25) is 4.98 Å². The van der Waals surface area contributed by atoms with Crippen molar-refractivity contribution in [3.63, 3.8) is 0 Å². The number of rotatable bonds is 6. The van der Waals surface area contributed by atoms with E-state index in [4.69, 9.17) is 4.74 Å². The molecule has 1 unspecified atom stereocenters. The molecule has 0 radical (unpaired) electrons. The van der Waals surface area contributed by atoms with Gasteiger partial charge >= 0.3 is 0 Å². The zero-order valence-corrected chi connectivity index (χ0v) is 13.2. The highest BCUT2D eigenvalue weighted by Gasteiger charge is 2.09. The van der Waals surface area contributed by atoms with E-state index in [-0.39, 0.29) is 12.4 Å². The summed E-state index contributed by atoms with van der Waals surface area (Å²) < 4.78 is 18.7. The van der Waals surface area contributed by atoms with Crippen LogP contribution >= 0.6 is 11.3 Å². The second kappa shape index (κ2) is 7.35. The minimum absolute atomic E-state index is 0.0810. The van der Waals surface area contributed by atoms with E-state index in [1.807, 2.05) is 36.0 Å². The Morgan fingerprint density at radius 2 is 2.00 bits per heavy atom. The molecule has 0 amide bonds. The Labute approximate surface area is 138 Å². The third kappa shape index (κ3) is 4.37. The van der Waals surface area contributed by atoms with Gasteiger partial charge in [0.1, 0.15) is 24.3 Å². The molecular weight excluding hydrogens is 313 g/mol. The lowest BCUT2D eigenvalue weighted by atomic mass is 10.1. The lowest BCUT2D eigenvalue weighted by Gasteiger charge is -2.13. The summed E-state index contributed by atoms with van der Waals surface area (Å²) in [5, 5.41) is 10.0. The summed E-state index contributed by atoms with van der Waals surface area (Å²) in [6, 6.07) is 13.6. The Morgan fingerprint density at radius 1 is 1.17 bits per heavy atom. The number of nitrogens with zero attached hydrogens (tertiary/aromatic N) is 1. The van der Waals surface area contributed by atoms with Gasteiger partial charge in [0.2, 0.25) is 0 Å². The fourth-order valence-electron chi connectivity index (χ4n) is 2.22. The molecule has 1 N–H and O–H groups in total. The topological polar surface area (TPSA) is 42.4 Å². The molecule has 0 saturated heterocycles. The number of ether oxygens (including phenoxy) is 1. The van der Waals surface area contributed by atoms with Gasteiger partial charge in [-0.05, 0) is 35.4 Å². The molecule has 5 heteroatoms. The molecule has 0 bridgehead atoms. The van der Waals surface area contributed by atoms with Crippen molar-refractivity contribution in [2.75, 3.05) is 6.61 Å². The molecule has 1 aromatic heterocycles. The average molecular weight is 329 g/mol. The van der Waals surface area contributed by atoms with Crippen molar-refractivity contribution in [1.82, 2.24) is 4.98 Å². The van der Waals surface area contributed by atoms with Crippen molar-refractivity contribution in [2.45, 2.75) is 12.5 Å². The van der Waals surface area contributed by atoms with Gasteiger partial charge in [0, 0.05) is 17.5 Å². The second-order valence-electron chi connectivity index (χ2n) is 5.17. The molecule has 0 fully saturated rings. The maximum atomic E-state index is 13.1. The molecule has 3 rings (SSSR count). The Morgan fingerprint density at radius 3 is 2.70 bits per heavy atom. The molecule has 1 heterocycles. The Kier molecular flexibility index (Phi) is 5.00. The predicted molar refractivity (Wildman–Crippen MR) is 88.2 cm³/mol. The Hall–Kier alpha value is -2.24. The van der Waals surface area contributed by atoms with Crippen molar-refractivity contribution >= 4 is 11.3 Å². The number of aromatic nitrogens is 1. The van der Waals surface area contributed by atoms with E-state index in [2.05, 4.69) is 4.98 Å². The van der Waals surface area contributed by atoms with Crippen LogP contribution in [0, 0.1) is 5.82 Å². The minimum atomic E-state index is -0.859. The van der Waals surface area contributed by atoms with Gasteiger partial charge < -0.3 is 9.84 Å². The molecule has 3 nitrogen and oxygen atoms in total. The van der Waals surface area contributed by atoms with Gasteiger partial charge in [0.15, 0.2) is 0 Å². The van der Waals surface area contributed by atoms with E-state index in [1.165, 1.54) is 22.6 Å². The van der Waals surface area contributed by atoms with Crippen LogP contribution in [0.1, 0.15) is 22.1 Å². The van der Waals surface area contributed by atoms with E-state index in [1.54, 1.807) is 23.5 Å². The smallest absolute Gasteiger partial charge is 0.123 e. The lowest BCUT2D eigenvalue weighted by molar-refractivity contribution is 0.108. The van der Waals surface area contributed by atoms with E-state index >= 15 is 0 Å². The van der Waals surface area contributed by atoms with Crippen molar-refractivity contribution < 1.29 is 14.2 Å². The molecule has 118 valence electrons. The van der Waals surface area contributed by atoms with Gasteiger partial charge in [0.25, 0.3) is 0 Å². The van der Waals surface area contributed by atoms with Crippen molar-refractivity contribution in [2.24, 2.45) is 0 Å². The number of hydrogen-bond donors (Lipinski definition) is 1. The van der Waals surface area contributed by atoms with E-state index in [0.29, 0.717) is 11.3 Å². The highest BCUT2D eigenvalue weighted by Crippen LogP contribution is 2.19. The summed E-state index contributed by atoms with van der Waals surface area (Å²) in [5.74, 6) is 0.308. The maximum absolute atomic E-state index is 13.1. The molecule has 1 atom stereocenters. The van der Waals surface area contributed by atoms with E-state index < -0.39 is 6.10 Å². The number of aliphatic hydroxyl groups excluding tert-OH is 1. The van der Waals surface area contributed by atoms with Crippen LogP contribution in [0.2, 0.25) is 0 Å². The minimum Gasteiger partial charge on any atom is -0.491 e. The van der Waals surface area contributed by atoms with Gasteiger partial charge in [-0.15, -0.1) is 11.3 Å². The standard InChI is InChI=1S/C18H16FNO2S/c19-15-3-1-2-14(9-15)18(21)11-22-16-6-4-13(5-7-16)8-17-10-20-12-23-17/h1-7,9-10,12,18,21H,8,11H2. The van der Waals surface area contributed by atoms with Crippen molar-refractivity contribution in [1.29, 1.82) is 0 Å². The first-order chi connectivity index (χ1) is 11.2. The van der Waals surface area contributed by atoms with Gasteiger partial charge in [-0.1, -0.05) is 24.3 Å². The number of aliphatic hydroxyl groups is 1. The number of thiazole rings is 1. The largest absolute Gasteiger partial charge is 0.491 e. The van der Waals surface area contributed by atoms with Crippen molar-refractivity contribution in [3.05, 3.63) is 82.1 Å². The first kappa shape index (κ1) is 15.6. The third-order valence-corrected chi connectivity index (χ3v) is 4.21. The van der Waals surface area contributed by atoms with Gasteiger partial charge in [-0.2, -0.15) is 0 Å². The molecule has 3 aromatic rings. The second-order valence-corrected chi connectivity index (χ2v) is 6.14. The number of hydrogen-bond acceptors (Lipinski definition) is 4. The third-order valence-electron chi connectivity index (χ3n) is 3.43. The lowest BCUT2D eigenvalue weighted by Crippen LogP contribution is -2.09. The van der Waals surface area contributed by atoms with Crippen LogP contribution in [0.4, 0.5) is 4.39 Å². The fraction of sp³-hybridized carbons (Fsp3) is 0.167.